The lowest BCUT2D eigenvalue weighted by Crippen LogP contribution is -2.31. The van der Waals surface area contributed by atoms with Crippen molar-refractivity contribution in [1.82, 2.24) is 9.88 Å². The molecular formula is C16H21N3OS. The molecule has 3 rings (SSSR count). The summed E-state index contributed by atoms with van der Waals surface area (Å²) in [5, 5.41) is 1.05. The number of fused-ring (bicyclic) bond motifs is 1. The SMILES string of the molecule is Cc1cc(C)c2nc(N3CCC(C(=O)N(C)C)C3)sc2c1. The molecule has 1 aromatic carbocycles. The number of aromatic nitrogens is 1. The molecule has 1 aliphatic heterocycles. The van der Waals surface area contributed by atoms with Gasteiger partial charge in [0.05, 0.1) is 16.1 Å². The number of carbonyl (C=O) groups is 1. The number of hydrogen-bond acceptors (Lipinski definition) is 4. The van der Waals surface area contributed by atoms with Crippen LogP contribution in [0.15, 0.2) is 12.1 Å². The molecule has 0 aliphatic carbocycles. The number of benzene rings is 1. The first-order valence-corrected chi connectivity index (χ1v) is 8.11. The summed E-state index contributed by atoms with van der Waals surface area (Å²) in [6, 6.07) is 4.37. The number of nitrogens with zero attached hydrogens (tertiary/aromatic N) is 3. The van der Waals surface area contributed by atoms with Gasteiger partial charge in [-0.05, 0) is 37.5 Å². The minimum absolute atomic E-state index is 0.106. The Morgan fingerprint density at radius 3 is 2.86 bits per heavy atom. The quantitative estimate of drug-likeness (QED) is 0.856. The maximum absolute atomic E-state index is 12.1. The smallest absolute Gasteiger partial charge is 0.227 e. The van der Waals surface area contributed by atoms with E-state index >= 15 is 0 Å². The molecular weight excluding hydrogens is 282 g/mol. The fourth-order valence-corrected chi connectivity index (χ4v) is 4.17. The Morgan fingerprint density at radius 1 is 1.38 bits per heavy atom. The van der Waals surface area contributed by atoms with Crippen LogP contribution in [0.3, 0.4) is 0 Å². The first kappa shape index (κ1) is 14.3. The normalized spacial score (nSPS) is 18.5. The molecule has 0 saturated carbocycles. The summed E-state index contributed by atoms with van der Waals surface area (Å²) in [6.07, 6.45) is 0.922. The summed E-state index contributed by atoms with van der Waals surface area (Å²) < 4.78 is 1.24. The standard InChI is InChI=1S/C16H21N3OS/c1-10-7-11(2)14-13(8-10)21-16(17-14)19-6-5-12(9-19)15(20)18(3)4/h7-8,12H,5-6,9H2,1-4H3. The van der Waals surface area contributed by atoms with Crippen LogP contribution in [-0.4, -0.2) is 43.0 Å². The minimum Gasteiger partial charge on any atom is -0.349 e. The van der Waals surface area contributed by atoms with E-state index in [1.165, 1.54) is 15.8 Å². The number of anilines is 1. The minimum atomic E-state index is 0.106. The van der Waals surface area contributed by atoms with E-state index in [0.29, 0.717) is 0 Å². The highest BCUT2D eigenvalue weighted by Gasteiger charge is 2.30. The van der Waals surface area contributed by atoms with Gasteiger partial charge in [-0.3, -0.25) is 4.79 Å². The monoisotopic (exact) mass is 303 g/mol. The van der Waals surface area contributed by atoms with Gasteiger partial charge in [0.15, 0.2) is 5.13 Å². The van der Waals surface area contributed by atoms with Gasteiger partial charge in [-0.2, -0.15) is 0 Å². The third kappa shape index (κ3) is 2.62. The van der Waals surface area contributed by atoms with E-state index in [2.05, 4.69) is 30.9 Å². The van der Waals surface area contributed by atoms with Gasteiger partial charge in [0.1, 0.15) is 0 Å². The van der Waals surface area contributed by atoms with Crippen molar-refractivity contribution in [2.45, 2.75) is 20.3 Å². The third-order valence-electron chi connectivity index (χ3n) is 4.07. The number of thiazole rings is 1. The van der Waals surface area contributed by atoms with Gasteiger partial charge in [-0.15, -0.1) is 0 Å². The van der Waals surface area contributed by atoms with Gasteiger partial charge < -0.3 is 9.80 Å². The van der Waals surface area contributed by atoms with Crippen molar-refractivity contribution in [3.63, 3.8) is 0 Å². The molecule has 0 N–H and O–H groups in total. The van der Waals surface area contributed by atoms with Crippen molar-refractivity contribution in [3.05, 3.63) is 23.3 Å². The molecule has 1 unspecified atom stereocenters. The van der Waals surface area contributed by atoms with E-state index in [1.807, 2.05) is 14.1 Å². The van der Waals surface area contributed by atoms with Crippen LogP contribution in [0.5, 0.6) is 0 Å². The Labute approximate surface area is 129 Å². The summed E-state index contributed by atoms with van der Waals surface area (Å²) in [7, 11) is 3.66. The first-order valence-electron chi connectivity index (χ1n) is 7.29. The Bertz CT molecular complexity index is 692. The highest BCUT2D eigenvalue weighted by Crippen LogP contribution is 2.34. The molecule has 21 heavy (non-hydrogen) atoms. The van der Waals surface area contributed by atoms with E-state index in [1.54, 1.807) is 16.2 Å². The van der Waals surface area contributed by atoms with Crippen molar-refractivity contribution in [2.24, 2.45) is 5.92 Å². The predicted octanol–water partition coefficient (Wildman–Crippen LogP) is 2.83. The van der Waals surface area contributed by atoms with E-state index in [9.17, 15) is 4.79 Å². The third-order valence-corrected chi connectivity index (χ3v) is 5.13. The van der Waals surface area contributed by atoms with Gasteiger partial charge in [0.25, 0.3) is 0 Å². The van der Waals surface area contributed by atoms with Gasteiger partial charge in [0.2, 0.25) is 5.91 Å². The van der Waals surface area contributed by atoms with Gasteiger partial charge in [-0.1, -0.05) is 17.4 Å². The maximum Gasteiger partial charge on any atom is 0.227 e. The highest BCUT2D eigenvalue weighted by atomic mass is 32.1. The molecule has 1 amide bonds. The molecule has 112 valence electrons. The zero-order chi connectivity index (χ0) is 15.1. The Morgan fingerprint density at radius 2 is 2.14 bits per heavy atom. The second kappa shape index (κ2) is 5.30. The number of rotatable bonds is 2. The first-order chi connectivity index (χ1) is 9.95. The van der Waals surface area contributed by atoms with Crippen molar-refractivity contribution < 1.29 is 4.79 Å². The number of hydrogen-bond donors (Lipinski definition) is 0. The summed E-state index contributed by atoms with van der Waals surface area (Å²) >= 11 is 1.73. The van der Waals surface area contributed by atoms with Gasteiger partial charge in [-0.25, -0.2) is 4.98 Å². The van der Waals surface area contributed by atoms with Crippen LogP contribution in [0.1, 0.15) is 17.5 Å². The van der Waals surface area contributed by atoms with E-state index in [-0.39, 0.29) is 11.8 Å². The molecule has 1 aliphatic rings. The second-order valence-electron chi connectivity index (χ2n) is 6.09. The molecule has 0 bridgehead atoms. The van der Waals surface area contributed by atoms with Gasteiger partial charge >= 0.3 is 0 Å². The zero-order valence-electron chi connectivity index (χ0n) is 13.0. The molecule has 1 atom stereocenters. The molecule has 0 radical (unpaired) electrons. The Balaban J connectivity index is 1.85. The lowest BCUT2D eigenvalue weighted by Gasteiger charge is -2.17. The number of amides is 1. The van der Waals surface area contributed by atoms with Crippen LogP contribution in [0.25, 0.3) is 10.2 Å². The van der Waals surface area contributed by atoms with E-state index in [0.717, 1.165) is 30.2 Å². The lowest BCUT2D eigenvalue weighted by atomic mass is 10.1. The average Bonchev–Trinajstić information content (AvgIpc) is 3.02. The topological polar surface area (TPSA) is 36.4 Å². The van der Waals surface area contributed by atoms with Crippen LogP contribution in [0, 0.1) is 19.8 Å². The van der Waals surface area contributed by atoms with Crippen LogP contribution < -0.4 is 4.90 Å². The summed E-state index contributed by atoms with van der Waals surface area (Å²) in [5.41, 5.74) is 3.60. The summed E-state index contributed by atoms with van der Waals surface area (Å²) in [4.78, 5) is 20.8. The van der Waals surface area contributed by atoms with Crippen molar-refractivity contribution >= 4 is 32.6 Å². The molecule has 2 heterocycles. The molecule has 1 saturated heterocycles. The van der Waals surface area contributed by atoms with Crippen LogP contribution >= 0.6 is 11.3 Å². The number of carbonyl (C=O) groups excluding carboxylic acids is 1. The molecule has 1 fully saturated rings. The molecule has 5 heteroatoms. The Hall–Kier alpha value is -1.62. The number of aryl methyl sites for hydroxylation is 2. The molecule has 0 spiro atoms. The van der Waals surface area contributed by atoms with Crippen molar-refractivity contribution in [2.75, 3.05) is 32.1 Å². The Kier molecular flexibility index (Phi) is 3.61. The predicted molar refractivity (Wildman–Crippen MR) is 88.1 cm³/mol. The van der Waals surface area contributed by atoms with Crippen molar-refractivity contribution in [3.8, 4) is 0 Å². The van der Waals surface area contributed by atoms with Crippen LogP contribution in [0.2, 0.25) is 0 Å². The largest absolute Gasteiger partial charge is 0.349 e. The van der Waals surface area contributed by atoms with Crippen LogP contribution in [-0.2, 0) is 4.79 Å². The lowest BCUT2D eigenvalue weighted by molar-refractivity contribution is -0.132. The van der Waals surface area contributed by atoms with Crippen LogP contribution in [0.4, 0.5) is 5.13 Å². The summed E-state index contributed by atoms with van der Waals surface area (Å²) in [6.45, 7) is 5.94. The highest BCUT2D eigenvalue weighted by molar-refractivity contribution is 7.22. The molecule has 2 aromatic rings. The van der Waals surface area contributed by atoms with Crippen molar-refractivity contribution in [1.29, 1.82) is 0 Å². The summed E-state index contributed by atoms with van der Waals surface area (Å²) in [5.74, 6) is 0.334. The second-order valence-corrected chi connectivity index (χ2v) is 7.10. The van der Waals surface area contributed by atoms with E-state index in [4.69, 9.17) is 4.98 Å². The molecule has 4 nitrogen and oxygen atoms in total. The fraction of sp³-hybridized carbons (Fsp3) is 0.500. The average molecular weight is 303 g/mol. The fourth-order valence-electron chi connectivity index (χ4n) is 2.99. The van der Waals surface area contributed by atoms with E-state index < -0.39 is 0 Å². The molecule has 1 aromatic heterocycles. The maximum atomic E-state index is 12.1. The zero-order valence-corrected chi connectivity index (χ0v) is 13.8. The van der Waals surface area contributed by atoms with Gasteiger partial charge in [0, 0.05) is 27.2 Å².